The highest BCUT2D eigenvalue weighted by molar-refractivity contribution is 9.10. The average molecular weight is 209 g/mol. The van der Waals surface area contributed by atoms with E-state index >= 15 is 0 Å². The number of halogens is 1. The van der Waals surface area contributed by atoms with Crippen molar-refractivity contribution in [2.45, 2.75) is 0 Å². The first-order chi connectivity index (χ1) is 5.38. The SMILES string of the molecule is Brc1cccc2nnccc12. The third-order valence-electron chi connectivity index (χ3n) is 1.50. The molecule has 0 fully saturated rings. The van der Waals surface area contributed by atoms with Gasteiger partial charge in [0.05, 0.1) is 11.7 Å². The van der Waals surface area contributed by atoms with Gasteiger partial charge in [-0.3, -0.25) is 0 Å². The number of nitrogens with zero attached hydrogens (tertiary/aromatic N) is 2. The topological polar surface area (TPSA) is 25.8 Å². The van der Waals surface area contributed by atoms with E-state index in [-0.39, 0.29) is 0 Å². The van der Waals surface area contributed by atoms with Crippen LogP contribution < -0.4 is 0 Å². The van der Waals surface area contributed by atoms with Gasteiger partial charge in [0.25, 0.3) is 0 Å². The molecule has 2 nitrogen and oxygen atoms in total. The monoisotopic (exact) mass is 208 g/mol. The Morgan fingerprint density at radius 1 is 1.18 bits per heavy atom. The van der Waals surface area contributed by atoms with E-state index in [9.17, 15) is 0 Å². The number of hydrogen-bond acceptors (Lipinski definition) is 2. The summed E-state index contributed by atoms with van der Waals surface area (Å²) in [6.45, 7) is 0. The maximum Gasteiger partial charge on any atom is 0.0940 e. The number of hydrogen-bond donors (Lipinski definition) is 0. The molecule has 0 bridgehead atoms. The molecule has 0 N–H and O–H groups in total. The number of aromatic nitrogens is 2. The van der Waals surface area contributed by atoms with Gasteiger partial charge >= 0.3 is 0 Å². The zero-order valence-corrected chi connectivity index (χ0v) is 7.25. The second kappa shape index (κ2) is 2.58. The lowest BCUT2D eigenvalue weighted by molar-refractivity contribution is 1.08. The molecule has 0 aliphatic carbocycles. The maximum absolute atomic E-state index is 3.96. The largest absolute Gasteiger partial charge is 0.159 e. The molecule has 1 aromatic carbocycles. The summed E-state index contributed by atoms with van der Waals surface area (Å²) in [5, 5.41) is 8.84. The Labute approximate surface area is 72.4 Å². The van der Waals surface area contributed by atoms with E-state index in [1.165, 1.54) is 0 Å². The Balaban J connectivity index is 2.91. The van der Waals surface area contributed by atoms with Crippen LogP contribution in [0.3, 0.4) is 0 Å². The molecule has 1 heterocycles. The Kier molecular flexibility index (Phi) is 1.58. The molecule has 54 valence electrons. The minimum absolute atomic E-state index is 0.918. The molecule has 2 rings (SSSR count). The summed E-state index contributed by atoms with van der Waals surface area (Å²) in [4.78, 5) is 0. The summed E-state index contributed by atoms with van der Waals surface area (Å²) in [5.41, 5.74) is 0.918. The fraction of sp³-hybridized carbons (Fsp3) is 0. The first kappa shape index (κ1) is 6.73. The van der Waals surface area contributed by atoms with Gasteiger partial charge in [-0.2, -0.15) is 10.2 Å². The highest BCUT2D eigenvalue weighted by Crippen LogP contribution is 2.20. The van der Waals surface area contributed by atoms with Gasteiger partial charge in [0.15, 0.2) is 0 Å². The van der Waals surface area contributed by atoms with Gasteiger partial charge in [0, 0.05) is 9.86 Å². The zero-order chi connectivity index (χ0) is 7.68. The first-order valence-electron chi connectivity index (χ1n) is 3.24. The molecule has 0 saturated heterocycles. The second-order valence-electron chi connectivity index (χ2n) is 2.20. The smallest absolute Gasteiger partial charge is 0.0940 e. The van der Waals surface area contributed by atoms with Crippen molar-refractivity contribution in [1.82, 2.24) is 10.2 Å². The van der Waals surface area contributed by atoms with E-state index in [0.29, 0.717) is 0 Å². The molecular weight excluding hydrogens is 204 g/mol. The third-order valence-corrected chi connectivity index (χ3v) is 2.19. The molecule has 0 aliphatic rings. The summed E-state index contributed by atoms with van der Waals surface area (Å²) >= 11 is 3.43. The predicted molar refractivity (Wildman–Crippen MR) is 47.2 cm³/mol. The minimum atomic E-state index is 0.918. The van der Waals surface area contributed by atoms with Crippen molar-refractivity contribution in [2.24, 2.45) is 0 Å². The Bertz CT molecular complexity index is 381. The Morgan fingerprint density at radius 3 is 2.91 bits per heavy atom. The van der Waals surface area contributed by atoms with E-state index < -0.39 is 0 Å². The lowest BCUT2D eigenvalue weighted by Crippen LogP contribution is -1.81. The predicted octanol–water partition coefficient (Wildman–Crippen LogP) is 2.39. The van der Waals surface area contributed by atoms with Crippen LogP contribution in [0.15, 0.2) is 34.9 Å². The van der Waals surface area contributed by atoms with Crippen LogP contribution in [0, 0.1) is 0 Å². The molecule has 0 unspecified atom stereocenters. The molecule has 0 saturated carbocycles. The van der Waals surface area contributed by atoms with Crippen molar-refractivity contribution in [3.63, 3.8) is 0 Å². The fourth-order valence-electron chi connectivity index (χ4n) is 0.981. The molecule has 0 radical (unpaired) electrons. The van der Waals surface area contributed by atoms with Crippen LogP contribution >= 0.6 is 15.9 Å². The maximum atomic E-state index is 3.96. The van der Waals surface area contributed by atoms with Crippen molar-refractivity contribution >= 4 is 26.8 Å². The third kappa shape index (κ3) is 1.12. The average Bonchev–Trinajstić information content (AvgIpc) is 2.06. The van der Waals surface area contributed by atoms with Gasteiger partial charge in [-0.25, -0.2) is 0 Å². The number of benzene rings is 1. The molecule has 0 atom stereocenters. The quantitative estimate of drug-likeness (QED) is 0.665. The first-order valence-corrected chi connectivity index (χ1v) is 4.03. The van der Waals surface area contributed by atoms with E-state index in [0.717, 1.165) is 15.4 Å². The molecule has 0 spiro atoms. The van der Waals surface area contributed by atoms with Gasteiger partial charge in [-0.15, -0.1) is 0 Å². The van der Waals surface area contributed by atoms with Crippen molar-refractivity contribution in [1.29, 1.82) is 0 Å². The van der Waals surface area contributed by atoms with Crippen LogP contribution in [0.5, 0.6) is 0 Å². The summed E-state index contributed by atoms with van der Waals surface area (Å²) in [6, 6.07) is 7.81. The molecule has 0 aliphatic heterocycles. The Hall–Kier alpha value is -0.960. The number of fused-ring (bicyclic) bond motifs is 1. The molecule has 11 heavy (non-hydrogen) atoms. The highest BCUT2D eigenvalue weighted by atomic mass is 79.9. The second-order valence-corrected chi connectivity index (χ2v) is 3.06. The normalized spacial score (nSPS) is 10.3. The number of rotatable bonds is 0. The fourth-order valence-corrected chi connectivity index (χ4v) is 1.47. The highest BCUT2D eigenvalue weighted by Gasteiger charge is 1.95. The van der Waals surface area contributed by atoms with Crippen molar-refractivity contribution < 1.29 is 0 Å². The van der Waals surface area contributed by atoms with E-state index in [2.05, 4.69) is 26.1 Å². The molecule has 1 aromatic heterocycles. The van der Waals surface area contributed by atoms with Crippen molar-refractivity contribution in [2.75, 3.05) is 0 Å². The zero-order valence-electron chi connectivity index (χ0n) is 5.66. The summed E-state index contributed by atoms with van der Waals surface area (Å²) in [7, 11) is 0. The summed E-state index contributed by atoms with van der Waals surface area (Å²) in [6.07, 6.45) is 1.69. The standard InChI is InChI=1S/C8H5BrN2/c9-7-2-1-3-8-6(7)4-5-10-11-8/h1-5H. The van der Waals surface area contributed by atoms with Crippen LogP contribution in [0.25, 0.3) is 10.9 Å². The van der Waals surface area contributed by atoms with Crippen LogP contribution in [0.2, 0.25) is 0 Å². The van der Waals surface area contributed by atoms with E-state index in [1.807, 2.05) is 24.3 Å². The van der Waals surface area contributed by atoms with Crippen molar-refractivity contribution in [3.8, 4) is 0 Å². The molecule has 3 heteroatoms. The summed E-state index contributed by atoms with van der Waals surface area (Å²) < 4.78 is 1.06. The van der Waals surface area contributed by atoms with Crippen LogP contribution in [0.1, 0.15) is 0 Å². The van der Waals surface area contributed by atoms with Gasteiger partial charge in [-0.05, 0) is 18.2 Å². The van der Waals surface area contributed by atoms with Crippen LogP contribution in [0.4, 0.5) is 0 Å². The molecular formula is C8H5BrN2. The Morgan fingerprint density at radius 2 is 2.09 bits per heavy atom. The van der Waals surface area contributed by atoms with Gasteiger partial charge in [0.2, 0.25) is 0 Å². The molecule has 2 aromatic rings. The van der Waals surface area contributed by atoms with Crippen molar-refractivity contribution in [3.05, 3.63) is 34.9 Å². The van der Waals surface area contributed by atoms with E-state index in [4.69, 9.17) is 0 Å². The lowest BCUT2D eigenvalue weighted by atomic mass is 10.2. The van der Waals surface area contributed by atoms with Crippen LogP contribution in [-0.4, -0.2) is 10.2 Å². The van der Waals surface area contributed by atoms with E-state index in [1.54, 1.807) is 6.20 Å². The molecule has 0 amide bonds. The lowest BCUT2D eigenvalue weighted by Gasteiger charge is -1.95. The van der Waals surface area contributed by atoms with Gasteiger partial charge < -0.3 is 0 Å². The van der Waals surface area contributed by atoms with Gasteiger partial charge in [-0.1, -0.05) is 22.0 Å². The van der Waals surface area contributed by atoms with Crippen LogP contribution in [-0.2, 0) is 0 Å². The summed E-state index contributed by atoms with van der Waals surface area (Å²) in [5.74, 6) is 0. The van der Waals surface area contributed by atoms with Gasteiger partial charge in [0.1, 0.15) is 0 Å². The minimum Gasteiger partial charge on any atom is -0.159 e.